The van der Waals surface area contributed by atoms with Crippen LogP contribution in [0.1, 0.15) is 18.0 Å². The SMILES string of the molecule is COc1ccccc1OCCNC(=O)C[NH+](C)[C@H](C)c1nc2ccccc2s1. The van der Waals surface area contributed by atoms with E-state index in [1.807, 2.05) is 49.5 Å². The van der Waals surface area contributed by atoms with E-state index in [0.29, 0.717) is 31.2 Å². The van der Waals surface area contributed by atoms with Gasteiger partial charge in [-0.15, -0.1) is 11.3 Å². The number of likely N-dealkylation sites (N-methyl/N-ethyl adjacent to an activating group) is 1. The molecule has 0 saturated heterocycles. The molecule has 1 unspecified atom stereocenters. The summed E-state index contributed by atoms with van der Waals surface area (Å²) in [5, 5.41) is 3.96. The standard InChI is InChI=1S/C21H25N3O3S/c1-15(21-23-16-8-4-7-11-19(16)28-21)24(2)14-20(25)22-12-13-27-18-10-6-5-9-17(18)26-3/h4-11,15H,12-14H2,1-3H3,(H,22,25)/p+1/t15-/m1/s1. The molecule has 0 aliphatic rings. The van der Waals surface area contributed by atoms with E-state index >= 15 is 0 Å². The number of ether oxygens (including phenoxy) is 2. The van der Waals surface area contributed by atoms with Gasteiger partial charge in [0.15, 0.2) is 23.1 Å². The maximum atomic E-state index is 12.3. The number of fused-ring (bicyclic) bond motifs is 1. The summed E-state index contributed by atoms with van der Waals surface area (Å²) in [6, 6.07) is 15.7. The van der Waals surface area contributed by atoms with Crippen molar-refractivity contribution >= 4 is 27.5 Å². The summed E-state index contributed by atoms with van der Waals surface area (Å²) in [5.41, 5.74) is 1.01. The number of methoxy groups -OCH3 is 1. The minimum Gasteiger partial charge on any atom is -0.493 e. The molecule has 0 bridgehead atoms. The third-order valence-corrected chi connectivity index (χ3v) is 5.83. The van der Waals surface area contributed by atoms with Crippen molar-refractivity contribution in [1.82, 2.24) is 10.3 Å². The van der Waals surface area contributed by atoms with Crippen LogP contribution in [0.15, 0.2) is 48.5 Å². The highest BCUT2D eigenvalue weighted by Crippen LogP contribution is 2.25. The third-order valence-electron chi connectivity index (χ3n) is 4.61. The molecule has 0 radical (unpaired) electrons. The molecule has 148 valence electrons. The zero-order chi connectivity index (χ0) is 19.9. The number of hydrogen-bond acceptors (Lipinski definition) is 5. The van der Waals surface area contributed by atoms with Gasteiger partial charge in [-0.05, 0) is 31.2 Å². The van der Waals surface area contributed by atoms with Crippen LogP contribution in [0.4, 0.5) is 0 Å². The largest absolute Gasteiger partial charge is 0.493 e. The molecule has 1 heterocycles. The molecule has 1 amide bonds. The number of para-hydroxylation sites is 3. The molecule has 7 heteroatoms. The van der Waals surface area contributed by atoms with E-state index < -0.39 is 0 Å². The second-order valence-electron chi connectivity index (χ2n) is 6.61. The van der Waals surface area contributed by atoms with Gasteiger partial charge in [-0.25, -0.2) is 4.98 Å². The topological polar surface area (TPSA) is 64.9 Å². The fourth-order valence-electron chi connectivity index (χ4n) is 2.84. The monoisotopic (exact) mass is 400 g/mol. The minimum absolute atomic E-state index is 0.00547. The Morgan fingerprint density at radius 1 is 1.18 bits per heavy atom. The maximum Gasteiger partial charge on any atom is 0.275 e. The second kappa shape index (κ2) is 9.52. The van der Waals surface area contributed by atoms with E-state index in [-0.39, 0.29) is 11.9 Å². The first-order valence-electron chi connectivity index (χ1n) is 9.28. The molecule has 3 aromatic rings. The number of nitrogens with zero attached hydrogens (tertiary/aromatic N) is 1. The fraction of sp³-hybridized carbons (Fsp3) is 0.333. The number of thiazole rings is 1. The molecule has 3 rings (SSSR count). The van der Waals surface area contributed by atoms with Crippen LogP contribution >= 0.6 is 11.3 Å². The van der Waals surface area contributed by atoms with Crippen molar-refractivity contribution in [1.29, 1.82) is 0 Å². The Kier molecular flexibility index (Phi) is 6.84. The summed E-state index contributed by atoms with van der Waals surface area (Å²) in [7, 11) is 3.62. The van der Waals surface area contributed by atoms with Crippen molar-refractivity contribution in [3.63, 3.8) is 0 Å². The maximum absolute atomic E-state index is 12.3. The van der Waals surface area contributed by atoms with Crippen LogP contribution in [0.2, 0.25) is 0 Å². The van der Waals surface area contributed by atoms with Crippen LogP contribution in [0.25, 0.3) is 10.2 Å². The number of amides is 1. The molecule has 0 fully saturated rings. The Bertz CT molecular complexity index is 895. The van der Waals surface area contributed by atoms with Crippen molar-refractivity contribution in [3.05, 3.63) is 53.5 Å². The molecule has 0 aliphatic carbocycles. The van der Waals surface area contributed by atoms with Crippen LogP contribution in [0, 0.1) is 0 Å². The molecule has 6 nitrogen and oxygen atoms in total. The smallest absolute Gasteiger partial charge is 0.275 e. The predicted octanol–water partition coefficient (Wildman–Crippen LogP) is 2.08. The number of carbonyl (C=O) groups excluding carboxylic acids is 1. The van der Waals surface area contributed by atoms with Gasteiger partial charge in [0.25, 0.3) is 5.91 Å². The van der Waals surface area contributed by atoms with Gasteiger partial charge in [0.2, 0.25) is 0 Å². The van der Waals surface area contributed by atoms with Gasteiger partial charge in [-0.2, -0.15) is 0 Å². The highest BCUT2D eigenvalue weighted by atomic mass is 32.1. The molecule has 0 saturated carbocycles. The van der Waals surface area contributed by atoms with Gasteiger partial charge >= 0.3 is 0 Å². The van der Waals surface area contributed by atoms with Crippen LogP contribution in [0.5, 0.6) is 11.5 Å². The summed E-state index contributed by atoms with van der Waals surface area (Å²) in [5.74, 6) is 1.35. The number of nitrogens with one attached hydrogen (secondary N) is 2. The molecule has 2 N–H and O–H groups in total. The van der Waals surface area contributed by atoms with E-state index in [9.17, 15) is 4.79 Å². The number of rotatable bonds is 9. The number of quaternary nitrogens is 1. The first-order valence-corrected chi connectivity index (χ1v) is 10.1. The van der Waals surface area contributed by atoms with Crippen molar-refractivity contribution in [2.45, 2.75) is 13.0 Å². The van der Waals surface area contributed by atoms with Crippen molar-refractivity contribution < 1.29 is 19.2 Å². The van der Waals surface area contributed by atoms with Crippen LogP contribution in [0.3, 0.4) is 0 Å². The summed E-state index contributed by atoms with van der Waals surface area (Å²) in [6.07, 6.45) is 0. The third kappa shape index (κ3) is 4.99. The summed E-state index contributed by atoms with van der Waals surface area (Å²) < 4.78 is 12.1. The Balaban J connectivity index is 1.45. The zero-order valence-corrected chi connectivity index (χ0v) is 17.2. The van der Waals surface area contributed by atoms with Gasteiger partial charge in [-0.3, -0.25) is 4.79 Å². The summed E-state index contributed by atoms with van der Waals surface area (Å²) >= 11 is 1.69. The van der Waals surface area contributed by atoms with E-state index in [1.165, 1.54) is 4.70 Å². The Morgan fingerprint density at radius 3 is 2.64 bits per heavy atom. The molecule has 1 aromatic heterocycles. The van der Waals surface area contributed by atoms with Crippen LogP contribution in [-0.4, -0.2) is 44.7 Å². The number of aromatic nitrogens is 1. The molecule has 2 atom stereocenters. The van der Waals surface area contributed by atoms with Crippen molar-refractivity contribution in [2.24, 2.45) is 0 Å². The van der Waals surface area contributed by atoms with Gasteiger partial charge < -0.3 is 19.7 Å². The number of benzene rings is 2. The summed E-state index contributed by atoms with van der Waals surface area (Å²) in [6.45, 7) is 3.31. The van der Waals surface area contributed by atoms with Crippen LogP contribution in [-0.2, 0) is 4.79 Å². The molecular formula is C21H26N3O3S+. The minimum atomic E-state index is -0.00547. The van der Waals surface area contributed by atoms with Gasteiger partial charge in [0.1, 0.15) is 12.6 Å². The molecule has 2 aromatic carbocycles. The van der Waals surface area contributed by atoms with Gasteiger partial charge in [0, 0.05) is 0 Å². The Hall–Kier alpha value is -2.64. The molecule has 0 spiro atoms. The normalized spacial score (nSPS) is 13.1. The highest BCUT2D eigenvalue weighted by molar-refractivity contribution is 7.18. The lowest BCUT2D eigenvalue weighted by Crippen LogP contribution is -3.10. The van der Waals surface area contributed by atoms with Gasteiger partial charge in [0.05, 0.1) is 30.9 Å². The van der Waals surface area contributed by atoms with E-state index in [1.54, 1.807) is 18.4 Å². The number of carbonyl (C=O) groups is 1. The van der Waals surface area contributed by atoms with E-state index in [2.05, 4.69) is 18.3 Å². The lowest BCUT2D eigenvalue weighted by molar-refractivity contribution is -0.902. The predicted molar refractivity (Wildman–Crippen MR) is 111 cm³/mol. The first-order chi connectivity index (χ1) is 13.6. The first kappa shape index (κ1) is 20.1. The highest BCUT2D eigenvalue weighted by Gasteiger charge is 2.21. The van der Waals surface area contributed by atoms with E-state index in [0.717, 1.165) is 15.4 Å². The molecular weight excluding hydrogens is 374 g/mol. The molecule has 0 aliphatic heterocycles. The lowest BCUT2D eigenvalue weighted by Gasteiger charge is -2.19. The van der Waals surface area contributed by atoms with Crippen molar-refractivity contribution in [3.8, 4) is 11.5 Å². The fourth-order valence-corrected chi connectivity index (χ4v) is 3.96. The Morgan fingerprint density at radius 2 is 1.89 bits per heavy atom. The number of hydrogen-bond donors (Lipinski definition) is 2. The quantitative estimate of drug-likeness (QED) is 0.540. The van der Waals surface area contributed by atoms with Gasteiger partial charge in [-0.1, -0.05) is 24.3 Å². The average Bonchev–Trinajstić information content (AvgIpc) is 3.15. The zero-order valence-electron chi connectivity index (χ0n) is 16.4. The summed E-state index contributed by atoms with van der Waals surface area (Å²) in [4.78, 5) is 18.1. The van der Waals surface area contributed by atoms with Crippen molar-refractivity contribution in [2.75, 3.05) is 33.9 Å². The van der Waals surface area contributed by atoms with E-state index in [4.69, 9.17) is 14.5 Å². The average molecular weight is 401 g/mol. The molecule has 28 heavy (non-hydrogen) atoms. The van der Waals surface area contributed by atoms with Crippen LogP contribution < -0.4 is 19.7 Å². The lowest BCUT2D eigenvalue weighted by atomic mass is 10.3. The second-order valence-corrected chi connectivity index (χ2v) is 7.68. The Labute approximate surface area is 169 Å².